The highest BCUT2D eigenvalue weighted by Crippen LogP contribution is 2.37. The number of aryl methyl sites for hydroxylation is 2. The van der Waals surface area contributed by atoms with E-state index in [4.69, 9.17) is 0 Å². The molecule has 0 aliphatic heterocycles. The number of rotatable bonds is 3. The van der Waals surface area contributed by atoms with E-state index < -0.39 is 0 Å². The predicted octanol–water partition coefficient (Wildman–Crippen LogP) is 4.75. The van der Waals surface area contributed by atoms with E-state index in [1.807, 2.05) is 49.2 Å². The monoisotopic (exact) mass is 430 g/mol. The molecular formula is C19H19BrN4OS. The van der Waals surface area contributed by atoms with E-state index >= 15 is 0 Å². The molecule has 0 bridgehead atoms. The van der Waals surface area contributed by atoms with Crippen molar-refractivity contribution >= 4 is 33.2 Å². The smallest absolute Gasteiger partial charge is 0.272 e. The second-order valence-corrected chi connectivity index (χ2v) is 8.69. The molecule has 0 saturated carbocycles. The van der Waals surface area contributed by atoms with E-state index in [1.54, 1.807) is 11.3 Å². The Bertz CT molecular complexity index is 947. The van der Waals surface area contributed by atoms with Gasteiger partial charge < -0.3 is 4.90 Å². The first-order chi connectivity index (χ1) is 12.5. The summed E-state index contributed by atoms with van der Waals surface area (Å²) >= 11 is 5.14. The van der Waals surface area contributed by atoms with Crippen molar-refractivity contribution in [2.24, 2.45) is 0 Å². The molecule has 1 aromatic carbocycles. The summed E-state index contributed by atoms with van der Waals surface area (Å²) in [4.78, 5) is 20.7. The van der Waals surface area contributed by atoms with Gasteiger partial charge in [-0.25, -0.2) is 4.98 Å². The summed E-state index contributed by atoms with van der Waals surface area (Å²) in [7, 11) is 1.87. The minimum atomic E-state index is -0.0373. The second-order valence-electron chi connectivity index (χ2n) is 6.54. The van der Waals surface area contributed by atoms with Gasteiger partial charge in [0.15, 0.2) is 0 Å². The lowest BCUT2D eigenvalue weighted by molar-refractivity contribution is 0.0712. The van der Waals surface area contributed by atoms with Crippen molar-refractivity contribution < 1.29 is 4.79 Å². The van der Waals surface area contributed by atoms with E-state index in [-0.39, 0.29) is 11.9 Å². The fourth-order valence-corrected chi connectivity index (χ4v) is 4.84. The van der Waals surface area contributed by atoms with Crippen molar-refractivity contribution in [3.05, 3.63) is 56.1 Å². The molecule has 1 amide bonds. The Morgan fingerprint density at radius 2 is 2.12 bits per heavy atom. The quantitative estimate of drug-likeness (QED) is 0.651. The van der Waals surface area contributed by atoms with Crippen LogP contribution in [0.25, 0.3) is 11.3 Å². The fourth-order valence-electron chi connectivity index (χ4n) is 3.42. The summed E-state index contributed by atoms with van der Waals surface area (Å²) in [6.45, 7) is 2.03. The zero-order chi connectivity index (χ0) is 18.3. The van der Waals surface area contributed by atoms with E-state index in [0.29, 0.717) is 5.69 Å². The van der Waals surface area contributed by atoms with Crippen molar-refractivity contribution in [1.82, 2.24) is 20.1 Å². The number of hydrogen-bond acceptors (Lipinski definition) is 4. The Morgan fingerprint density at radius 3 is 2.88 bits per heavy atom. The second kappa shape index (κ2) is 6.96. The molecule has 0 fully saturated rings. The molecule has 7 heteroatoms. The average Bonchev–Trinajstić information content (AvgIpc) is 3.26. The van der Waals surface area contributed by atoms with Gasteiger partial charge >= 0.3 is 0 Å². The van der Waals surface area contributed by atoms with Gasteiger partial charge in [0.1, 0.15) is 5.69 Å². The number of aromatic amines is 1. The number of carbonyl (C=O) groups is 1. The SMILES string of the molecule is Cc1nc2c(s1)C(N(C)C(=O)c1cc(-c3ccc(Br)cc3)n[nH]1)CCC2. The molecule has 4 rings (SSSR count). The molecule has 1 unspecified atom stereocenters. The molecule has 1 aliphatic carbocycles. The number of carbonyl (C=O) groups excluding carboxylic acids is 1. The Labute approximate surface area is 164 Å². The van der Waals surface area contributed by atoms with E-state index in [1.165, 1.54) is 4.88 Å². The maximum atomic E-state index is 13.0. The molecule has 1 atom stereocenters. The fraction of sp³-hybridized carbons (Fsp3) is 0.316. The van der Waals surface area contributed by atoms with E-state index in [0.717, 1.165) is 45.7 Å². The number of hydrogen-bond donors (Lipinski definition) is 1. The van der Waals surface area contributed by atoms with Gasteiger partial charge in [0.25, 0.3) is 5.91 Å². The Balaban J connectivity index is 1.57. The number of thiazole rings is 1. The van der Waals surface area contributed by atoms with Crippen LogP contribution in [0.2, 0.25) is 0 Å². The van der Waals surface area contributed by atoms with Gasteiger partial charge in [0.05, 0.1) is 27.3 Å². The number of aromatic nitrogens is 3. The lowest BCUT2D eigenvalue weighted by Gasteiger charge is -2.30. The third-order valence-electron chi connectivity index (χ3n) is 4.76. The normalized spacial score (nSPS) is 16.3. The first-order valence-electron chi connectivity index (χ1n) is 8.57. The van der Waals surface area contributed by atoms with Crippen molar-refractivity contribution in [3.8, 4) is 11.3 Å². The van der Waals surface area contributed by atoms with Crippen LogP contribution in [0.4, 0.5) is 0 Å². The number of halogens is 1. The third kappa shape index (κ3) is 3.21. The summed E-state index contributed by atoms with van der Waals surface area (Å²) in [5.74, 6) is -0.0373. The highest BCUT2D eigenvalue weighted by molar-refractivity contribution is 9.10. The van der Waals surface area contributed by atoms with Gasteiger partial charge in [-0.05, 0) is 44.4 Å². The summed E-state index contributed by atoms with van der Waals surface area (Å²) in [5.41, 5.74) is 3.42. The first kappa shape index (κ1) is 17.4. The van der Waals surface area contributed by atoms with Crippen molar-refractivity contribution in [1.29, 1.82) is 0 Å². The van der Waals surface area contributed by atoms with Gasteiger partial charge in [-0.3, -0.25) is 9.89 Å². The largest absolute Gasteiger partial charge is 0.332 e. The molecule has 0 spiro atoms. The molecule has 5 nitrogen and oxygen atoms in total. The Kier molecular flexibility index (Phi) is 4.67. The number of H-pyrrole nitrogens is 1. The molecule has 134 valence electrons. The van der Waals surface area contributed by atoms with Gasteiger partial charge in [0.2, 0.25) is 0 Å². The Hall–Kier alpha value is -1.99. The summed E-state index contributed by atoms with van der Waals surface area (Å²) in [6, 6.07) is 9.80. The van der Waals surface area contributed by atoms with Gasteiger partial charge in [-0.2, -0.15) is 5.10 Å². The average molecular weight is 431 g/mol. The van der Waals surface area contributed by atoms with Gasteiger partial charge in [0, 0.05) is 17.1 Å². The van der Waals surface area contributed by atoms with E-state index in [9.17, 15) is 4.79 Å². The van der Waals surface area contributed by atoms with Gasteiger partial charge in [-0.1, -0.05) is 28.1 Å². The van der Waals surface area contributed by atoms with Crippen LogP contribution in [-0.4, -0.2) is 33.0 Å². The van der Waals surface area contributed by atoms with E-state index in [2.05, 4.69) is 31.1 Å². The zero-order valence-electron chi connectivity index (χ0n) is 14.6. The van der Waals surface area contributed by atoms with Crippen LogP contribution < -0.4 is 0 Å². The van der Waals surface area contributed by atoms with Gasteiger partial charge in [-0.15, -0.1) is 11.3 Å². The van der Waals surface area contributed by atoms with Crippen LogP contribution in [0.15, 0.2) is 34.8 Å². The van der Waals surface area contributed by atoms with Crippen molar-refractivity contribution in [2.75, 3.05) is 7.05 Å². The number of nitrogens with one attached hydrogen (secondary N) is 1. The van der Waals surface area contributed by atoms with Crippen LogP contribution >= 0.6 is 27.3 Å². The maximum Gasteiger partial charge on any atom is 0.272 e. The molecule has 3 aromatic rings. The number of fused-ring (bicyclic) bond motifs is 1. The van der Waals surface area contributed by atoms with Crippen molar-refractivity contribution in [3.63, 3.8) is 0 Å². The standard InChI is InChI=1S/C19H19BrN4OS/c1-11-21-14-4-3-5-17(18(14)26-11)24(2)19(25)16-10-15(22-23-16)12-6-8-13(20)9-7-12/h6-10,17H,3-5H2,1-2H3,(H,22,23). The number of amides is 1. The lowest BCUT2D eigenvalue weighted by atomic mass is 9.97. The van der Waals surface area contributed by atoms with Crippen LogP contribution in [0.1, 0.15) is 45.0 Å². The molecule has 2 heterocycles. The third-order valence-corrected chi connectivity index (χ3v) is 6.41. The zero-order valence-corrected chi connectivity index (χ0v) is 17.0. The summed E-state index contributed by atoms with van der Waals surface area (Å²) < 4.78 is 1.01. The maximum absolute atomic E-state index is 13.0. The summed E-state index contributed by atoms with van der Waals surface area (Å²) in [5, 5.41) is 8.29. The highest BCUT2D eigenvalue weighted by Gasteiger charge is 2.30. The van der Waals surface area contributed by atoms with Crippen LogP contribution in [-0.2, 0) is 6.42 Å². The first-order valence-corrected chi connectivity index (χ1v) is 10.2. The molecule has 0 radical (unpaired) electrons. The predicted molar refractivity (Wildman–Crippen MR) is 106 cm³/mol. The topological polar surface area (TPSA) is 61.9 Å². The highest BCUT2D eigenvalue weighted by atomic mass is 79.9. The van der Waals surface area contributed by atoms with Crippen LogP contribution in [0.5, 0.6) is 0 Å². The minimum absolute atomic E-state index is 0.0373. The molecule has 1 aliphatic rings. The molecule has 1 N–H and O–H groups in total. The minimum Gasteiger partial charge on any atom is -0.332 e. The van der Waals surface area contributed by atoms with Crippen LogP contribution in [0, 0.1) is 6.92 Å². The number of benzene rings is 1. The number of nitrogens with zero attached hydrogens (tertiary/aromatic N) is 3. The lowest BCUT2D eigenvalue weighted by Crippen LogP contribution is -2.33. The molecule has 26 heavy (non-hydrogen) atoms. The Morgan fingerprint density at radius 1 is 1.35 bits per heavy atom. The molecular weight excluding hydrogens is 412 g/mol. The van der Waals surface area contributed by atoms with Crippen LogP contribution in [0.3, 0.4) is 0 Å². The molecule has 0 saturated heterocycles. The summed E-state index contributed by atoms with van der Waals surface area (Å²) in [6.07, 6.45) is 3.05. The van der Waals surface area contributed by atoms with Crippen molar-refractivity contribution in [2.45, 2.75) is 32.2 Å². The molecule has 2 aromatic heterocycles.